The molecule has 7 heteroatoms. The molecule has 0 aliphatic rings. The van der Waals surface area contributed by atoms with Gasteiger partial charge >= 0.3 is 0 Å². The summed E-state index contributed by atoms with van der Waals surface area (Å²) in [6.07, 6.45) is 0. The van der Waals surface area contributed by atoms with Crippen molar-refractivity contribution in [3.05, 3.63) is 41.6 Å². The van der Waals surface area contributed by atoms with E-state index >= 15 is 0 Å². The van der Waals surface area contributed by atoms with Crippen molar-refractivity contribution in [2.45, 2.75) is 13.5 Å². The Hall–Kier alpha value is -2.83. The van der Waals surface area contributed by atoms with Crippen LogP contribution in [-0.4, -0.2) is 30.1 Å². The quantitative estimate of drug-likeness (QED) is 0.645. The number of anilines is 1. The molecule has 0 aliphatic heterocycles. The molecule has 1 aromatic carbocycles. The van der Waals surface area contributed by atoms with E-state index in [1.165, 1.54) is 0 Å². The van der Waals surface area contributed by atoms with Gasteiger partial charge in [0.15, 0.2) is 5.96 Å². The number of ether oxygens (including phenoxy) is 2. The minimum atomic E-state index is 0.239. The lowest BCUT2D eigenvalue weighted by molar-refractivity contribution is 0.397. The number of benzene rings is 1. The topological polar surface area (TPSA) is 94.7 Å². The summed E-state index contributed by atoms with van der Waals surface area (Å²) in [5.41, 5.74) is 7.64. The SMILES string of the molecule is COc1ccc(CN=C(N)Nc2nc(C)cc(OC)n2)cc1. The molecule has 2 aromatic rings. The van der Waals surface area contributed by atoms with Gasteiger partial charge in [0.05, 0.1) is 20.8 Å². The molecule has 2 rings (SSSR count). The van der Waals surface area contributed by atoms with E-state index in [1.807, 2.05) is 31.2 Å². The van der Waals surface area contributed by atoms with Crippen LogP contribution in [0, 0.1) is 6.92 Å². The van der Waals surface area contributed by atoms with Crippen molar-refractivity contribution in [2.24, 2.45) is 10.7 Å². The van der Waals surface area contributed by atoms with E-state index in [9.17, 15) is 0 Å². The Kier molecular flexibility index (Phi) is 5.13. The maximum Gasteiger partial charge on any atom is 0.233 e. The fraction of sp³-hybridized carbons (Fsp3) is 0.267. The van der Waals surface area contributed by atoms with Gasteiger partial charge in [0.1, 0.15) is 5.75 Å². The zero-order valence-corrected chi connectivity index (χ0v) is 12.8. The first-order valence-corrected chi connectivity index (χ1v) is 6.70. The van der Waals surface area contributed by atoms with Crippen LogP contribution in [0.4, 0.5) is 5.95 Å². The van der Waals surface area contributed by atoms with Gasteiger partial charge in [0.2, 0.25) is 11.8 Å². The molecule has 0 amide bonds. The number of aryl methyl sites for hydroxylation is 1. The largest absolute Gasteiger partial charge is 0.497 e. The van der Waals surface area contributed by atoms with Gasteiger partial charge in [-0.3, -0.25) is 5.32 Å². The van der Waals surface area contributed by atoms with Crippen molar-refractivity contribution in [1.82, 2.24) is 9.97 Å². The first kappa shape index (κ1) is 15.6. The number of methoxy groups -OCH3 is 2. The summed E-state index contributed by atoms with van der Waals surface area (Å²) in [5, 5.41) is 2.85. The number of nitrogens with one attached hydrogen (secondary N) is 1. The van der Waals surface area contributed by atoms with E-state index in [1.54, 1.807) is 20.3 Å². The monoisotopic (exact) mass is 301 g/mol. The molecule has 0 radical (unpaired) electrons. The van der Waals surface area contributed by atoms with Gasteiger partial charge in [0, 0.05) is 11.8 Å². The van der Waals surface area contributed by atoms with Crippen LogP contribution in [0.25, 0.3) is 0 Å². The summed E-state index contributed by atoms with van der Waals surface area (Å²) < 4.78 is 10.2. The molecule has 7 nitrogen and oxygen atoms in total. The minimum Gasteiger partial charge on any atom is -0.497 e. The van der Waals surface area contributed by atoms with Crippen LogP contribution in [0.3, 0.4) is 0 Å². The number of nitrogens with zero attached hydrogens (tertiary/aromatic N) is 3. The molecule has 0 bridgehead atoms. The maximum atomic E-state index is 5.84. The predicted molar refractivity (Wildman–Crippen MR) is 85.3 cm³/mol. The second-order valence-electron chi connectivity index (χ2n) is 4.55. The van der Waals surface area contributed by atoms with Gasteiger partial charge in [0.25, 0.3) is 0 Å². The van der Waals surface area contributed by atoms with Gasteiger partial charge in [-0.05, 0) is 24.6 Å². The van der Waals surface area contributed by atoms with E-state index in [0.717, 1.165) is 17.0 Å². The lowest BCUT2D eigenvalue weighted by Gasteiger charge is -2.07. The molecule has 116 valence electrons. The summed E-state index contributed by atoms with van der Waals surface area (Å²) in [7, 11) is 3.18. The highest BCUT2D eigenvalue weighted by Gasteiger charge is 2.03. The minimum absolute atomic E-state index is 0.239. The van der Waals surface area contributed by atoms with Crippen LogP contribution in [0.2, 0.25) is 0 Å². The van der Waals surface area contributed by atoms with E-state index in [4.69, 9.17) is 15.2 Å². The van der Waals surface area contributed by atoms with E-state index in [-0.39, 0.29) is 5.96 Å². The zero-order valence-electron chi connectivity index (χ0n) is 12.8. The molecule has 0 aliphatic carbocycles. The lowest BCUT2D eigenvalue weighted by Crippen LogP contribution is -2.24. The fourth-order valence-electron chi connectivity index (χ4n) is 1.76. The summed E-state index contributed by atoms with van der Waals surface area (Å²) in [6.45, 7) is 2.30. The van der Waals surface area contributed by atoms with Crippen molar-refractivity contribution < 1.29 is 9.47 Å². The van der Waals surface area contributed by atoms with Crippen LogP contribution in [-0.2, 0) is 6.54 Å². The Morgan fingerprint density at radius 3 is 2.55 bits per heavy atom. The van der Waals surface area contributed by atoms with Crippen molar-refractivity contribution >= 4 is 11.9 Å². The van der Waals surface area contributed by atoms with E-state index in [0.29, 0.717) is 18.4 Å². The van der Waals surface area contributed by atoms with Crippen LogP contribution in [0.15, 0.2) is 35.3 Å². The molecular formula is C15H19N5O2. The average molecular weight is 301 g/mol. The summed E-state index contributed by atoms with van der Waals surface area (Å²) in [6, 6.07) is 9.35. The smallest absolute Gasteiger partial charge is 0.233 e. The number of aliphatic imine (C=N–C) groups is 1. The first-order chi connectivity index (χ1) is 10.6. The fourth-order valence-corrected chi connectivity index (χ4v) is 1.76. The molecule has 0 fully saturated rings. The Labute approximate surface area is 129 Å². The van der Waals surface area contributed by atoms with Crippen LogP contribution in [0.1, 0.15) is 11.3 Å². The summed E-state index contributed by atoms with van der Waals surface area (Å²) >= 11 is 0. The predicted octanol–water partition coefficient (Wildman–Crippen LogP) is 1.73. The molecule has 0 saturated heterocycles. The molecule has 0 spiro atoms. The third kappa shape index (κ3) is 4.34. The second kappa shape index (κ2) is 7.26. The summed E-state index contributed by atoms with van der Waals surface area (Å²) in [5.74, 6) is 1.87. The highest BCUT2D eigenvalue weighted by atomic mass is 16.5. The number of nitrogens with two attached hydrogens (primary N) is 1. The van der Waals surface area contributed by atoms with Crippen molar-refractivity contribution in [3.8, 4) is 11.6 Å². The van der Waals surface area contributed by atoms with Crippen LogP contribution in [0.5, 0.6) is 11.6 Å². The van der Waals surface area contributed by atoms with Crippen molar-refractivity contribution in [1.29, 1.82) is 0 Å². The highest BCUT2D eigenvalue weighted by molar-refractivity contribution is 5.90. The summed E-state index contributed by atoms with van der Waals surface area (Å²) in [4.78, 5) is 12.6. The maximum absolute atomic E-state index is 5.84. The number of guanidine groups is 1. The number of aromatic nitrogens is 2. The average Bonchev–Trinajstić information content (AvgIpc) is 2.52. The van der Waals surface area contributed by atoms with Crippen molar-refractivity contribution in [3.63, 3.8) is 0 Å². The Morgan fingerprint density at radius 1 is 1.18 bits per heavy atom. The zero-order chi connectivity index (χ0) is 15.9. The molecule has 1 heterocycles. The molecule has 1 aromatic heterocycles. The third-order valence-corrected chi connectivity index (χ3v) is 2.87. The standard InChI is InChI=1S/C15H19N5O2/c1-10-8-13(22-3)19-15(18-10)20-14(16)17-9-11-4-6-12(21-2)7-5-11/h4-8H,9H2,1-3H3,(H3,16,17,18,19,20). The lowest BCUT2D eigenvalue weighted by atomic mass is 10.2. The second-order valence-corrected chi connectivity index (χ2v) is 4.55. The number of hydrogen-bond donors (Lipinski definition) is 2. The van der Waals surface area contributed by atoms with Gasteiger partial charge in [-0.25, -0.2) is 9.98 Å². The van der Waals surface area contributed by atoms with E-state index in [2.05, 4.69) is 20.3 Å². The van der Waals surface area contributed by atoms with Crippen molar-refractivity contribution in [2.75, 3.05) is 19.5 Å². The molecule has 0 saturated carbocycles. The molecular weight excluding hydrogens is 282 g/mol. The molecule has 3 N–H and O–H groups in total. The highest BCUT2D eigenvalue weighted by Crippen LogP contribution is 2.12. The number of hydrogen-bond acceptors (Lipinski definition) is 5. The third-order valence-electron chi connectivity index (χ3n) is 2.87. The Bertz CT molecular complexity index is 655. The van der Waals surface area contributed by atoms with Gasteiger partial charge in [-0.1, -0.05) is 12.1 Å². The van der Waals surface area contributed by atoms with Gasteiger partial charge in [-0.15, -0.1) is 0 Å². The number of rotatable bonds is 5. The normalized spacial score (nSPS) is 11.1. The van der Waals surface area contributed by atoms with Crippen LogP contribution >= 0.6 is 0 Å². The Balaban J connectivity index is 2.01. The van der Waals surface area contributed by atoms with E-state index < -0.39 is 0 Å². The van der Waals surface area contributed by atoms with Crippen LogP contribution < -0.4 is 20.5 Å². The Morgan fingerprint density at radius 2 is 1.91 bits per heavy atom. The molecule has 0 atom stereocenters. The molecule has 22 heavy (non-hydrogen) atoms. The van der Waals surface area contributed by atoms with Gasteiger partial charge < -0.3 is 15.2 Å². The van der Waals surface area contributed by atoms with Gasteiger partial charge in [-0.2, -0.15) is 4.98 Å². The first-order valence-electron chi connectivity index (χ1n) is 6.70. The molecule has 0 unspecified atom stereocenters.